The topological polar surface area (TPSA) is 86.0 Å². The summed E-state index contributed by atoms with van der Waals surface area (Å²) in [6, 6.07) is 6.01. The summed E-state index contributed by atoms with van der Waals surface area (Å²) in [6.07, 6.45) is 3.12. The third-order valence-corrected chi connectivity index (χ3v) is 4.93. The first kappa shape index (κ1) is 18.0. The van der Waals surface area contributed by atoms with Gasteiger partial charge in [-0.2, -0.15) is 4.68 Å². The van der Waals surface area contributed by atoms with Gasteiger partial charge in [0.2, 0.25) is 0 Å². The Labute approximate surface area is 155 Å². The molecule has 0 unspecified atom stereocenters. The lowest BCUT2D eigenvalue weighted by Gasteiger charge is -2.24. The summed E-state index contributed by atoms with van der Waals surface area (Å²) in [4.78, 5) is 19.0. The molecule has 0 aliphatic carbocycles. The second-order valence-electron chi connectivity index (χ2n) is 5.38. The van der Waals surface area contributed by atoms with E-state index in [1.807, 2.05) is 18.2 Å². The van der Waals surface area contributed by atoms with Gasteiger partial charge in [-0.15, -0.1) is 16.4 Å². The van der Waals surface area contributed by atoms with Crippen molar-refractivity contribution < 1.29 is 9.53 Å². The summed E-state index contributed by atoms with van der Waals surface area (Å²) in [6.45, 7) is 8.07. The van der Waals surface area contributed by atoms with Crippen LogP contribution in [-0.2, 0) is 4.74 Å². The molecule has 0 spiro atoms. The number of tetrazole rings is 1. The molecule has 0 saturated heterocycles. The van der Waals surface area contributed by atoms with E-state index in [1.165, 1.54) is 11.3 Å². The van der Waals surface area contributed by atoms with Crippen molar-refractivity contribution in [1.29, 1.82) is 0 Å². The number of carbonyl (C=O) groups excluding carboxylic acids is 1. The monoisotopic (exact) mass is 372 g/mol. The zero-order valence-corrected chi connectivity index (χ0v) is 15.7. The molecule has 0 N–H and O–H groups in total. The zero-order valence-electron chi connectivity index (χ0n) is 14.9. The molecule has 0 aliphatic rings. The molecule has 9 heteroatoms. The van der Waals surface area contributed by atoms with Crippen LogP contribution in [0.2, 0.25) is 0 Å². The summed E-state index contributed by atoms with van der Waals surface area (Å²) < 4.78 is 6.67. The fraction of sp³-hybridized carbons (Fsp3) is 0.353. The summed E-state index contributed by atoms with van der Waals surface area (Å²) >= 11 is 1.31. The van der Waals surface area contributed by atoms with Crippen LogP contribution in [0.5, 0.6) is 0 Å². The quantitative estimate of drug-likeness (QED) is 0.589. The van der Waals surface area contributed by atoms with E-state index in [4.69, 9.17) is 4.74 Å². The van der Waals surface area contributed by atoms with E-state index < -0.39 is 0 Å². The summed E-state index contributed by atoms with van der Waals surface area (Å²) in [5.74, 6) is -0.350. The number of thiazole rings is 1. The molecule has 2 aromatic heterocycles. The molecule has 0 saturated carbocycles. The molecule has 8 nitrogen and oxygen atoms in total. The number of esters is 1. The van der Waals surface area contributed by atoms with Crippen molar-refractivity contribution in [3.8, 4) is 16.3 Å². The smallest absolute Gasteiger partial charge is 0.349 e. The second kappa shape index (κ2) is 8.05. The lowest BCUT2D eigenvalue weighted by molar-refractivity contribution is 0.0532. The maximum Gasteiger partial charge on any atom is 0.349 e. The van der Waals surface area contributed by atoms with Crippen LogP contribution in [0, 0.1) is 0 Å². The van der Waals surface area contributed by atoms with Crippen LogP contribution in [0.4, 0.5) is 5.69 Å². The molecular formula is C17H20N6O2S. The second-order valence-corrected chi connectivity index (χ2v) is 6.41. The predicted octanol–water partition coefficient (Wildman–Crippen LogP) is 2.81. The average molecular weight is 372 g/mol. The molecule has 3 rings (SSSR count). The van der Waals surface area contributed by atoms with E-state index in [0.717, 1.165) is 35.0 Å². The highest BCUT2D eigenvalue weighted by Gasteiger charge is 2.16. The third-order valence-electron chi connectivity index (χ3n) is 3.90. The van der Waals surface area contributed by atoms with Gasteiger partial charge >= 0.3 is 5.97 Å². The molecule has 136 valence electrons. The van der Waals surface area contributed by atoms with Crippen LogP contribution in [0.15, 0.2) is 30.7 Å². The normalized spacial score (nSPS) is 10.7. The molecule has 0 radical (unpaired) electrons. The van der Waals surface area contributed by atoms with Crippen LogP contribution in [0.25, 0.3) is 16.3 Å². The van der Waals surface area contributed by atoms with Crippen LogP contribution in [-0.4, -0.2) is 50.9 Å². The van der Waals surface area contributed by atoms with Gasteiger partial charge in [0, 0.05) is 18.7 Å². The highest BCUT2D eigenvalue weighted by molar-refractivity contribution is 7.16. The van der Waals surface area contributed by atoms with E-state index in [-0.39, 0.29) is 5.97 Å². The standard InChI is InChI=1S/C17H20N6O2S/c1-4-22(5-2)13-8-7-12(9-14(13)23-11-19-20-21-23)16-18-10-15(26-16)17(24)25-6-3/h7-11H,4-6H2,1-3H3. The van der Waals surface area contributed by atoms with Gasteiger partial charge in [-0.25, -0.2) is 9.78 Å². The molecule has 0 bridgehead atoms. The van der Waals surface area contributed by atoms with E-state index in [1.54, 1.807) is 24.1 Å². The number of benzene rings is 1. The predicted molar refractivity (Wildman–Crippen MR) is 99.8 cm³/mol. The van der Waals surface area contributed by atoms with Gasteiger partial charge in [-0.3, -0.25) is 0 Å². The molecule has 2 heterocycles. The van der Waals surface area contributed by atoms with E-state index in [9.17, 15) is 4.79 Å². The molecule has 26 heavy (non-hydrogen) atoms. The lowest BCUT2D eigenvalue weighted by Crippen LogP contribution is -2.23. The third kappa shape index (κ3) is 3.57. The van der Waals surface area contributed by atoms with Gasteiger partial charge in [-0.1, -0.05) is 0 Å². The van der Waals surface area contributed by atoms with E-state index in [2.05, 4.69) is 39.3 Å². The Kier molecular flexibility index (Phi) is 5.57. The summed E-state index contributed by atoms with van der Waals surface area (Å²) in [5.41, 5.74) is 2.80. The fourth-order valence-electron chi connectivity index (χ4n) is 2.65. The van der Waals surface area contributed by atoms with Crippen molar-refractivity contribution in [2.45, 2.75) is 20.8 Å². The molecular weight excluding hydrogens is 352 g/mol. The van der Waals surface area contributed by atoms with Crippen molar-refractivity contribution in [3.05, 3.63) is 35.6 Å². The lowest BCUT2D eigenvalue weighted by atomic mass is 10.1. The number of hydrogen-bond acceptors (Lipinski definition) is 8. The molecule has 0 fully saturated rings. The van der Waals surface area contributed by atoms with Crippen LogP contribution < -0.4 is 4.90 Å². The van der Waals surface area contributed by atoms with Crippen LogP contribution in [0.1, 0.15) is 30.4 Å². The number of carbonyl (C=O) groups is 1. The van der Waals surface area contributed by atoms with Crippen LogP contribution in [0.3, 0.4) is 0 Å². The maximum absolute atomic E-state index is 11.9. The summed E-state index contributed by atoms with van der Waals surface area (Å²) in [5, 5.41) is 12.3. The number of aromatic nitrogens is 5. The van der Waals surface area contributed by atoms with Gasteiger partial charge in [0.1, 0.15) is 16.2 Å². The van der Waals surface area contributed by atoms with Crippen molar-refractivity contribution >= 4 is 23.0 Å². The molecule has 0 aliphatic heterocycles. The van der Waals surface area contributed by atoms with E-state index >= 15 is 0 Å². The number of rotatable bonds is 7. The largest absolute Gasteiger partial charge is 0.462 e. The minimum Gasteiger partial charge on any atom is -0.462 e. The summed E-state index contributed by atoms with van der Waals surface area (Å²) in [7, 11) is 0. The Hall–Kier alpha value is -2.81. The minimum atomic E-state index is -0.350. The maximum atomic E-state index is 11.9. The van der Waals surface area contributed by atoms with Crippen molar-refractivity contribution in [2.24, 2.45) is 0 Å². The SMILES string of the molecule is CCOC(=O)c1cnc(-c2ccc(N(CC)CC)c(-n3cnnn3)c2)s1. The number of ether oxygens (including phenoxy) is 1. The first-order valence-corrected chi connectivity index (χ1v) is 9.25. The Morgan fingerprint density at radius 1 is 1.27 bits per heavy atom. The van der Waals surface area contributed by atoms with Crippen molar-refractivity contribution in [1.82, 2.24) is 25.2 Å². The number of nitrogens with zero attached hydrogens (tertiary/aromatic N) is 6. The molecule has 1 aromatic carbocycles. The minimum absolute atomic E-state index is 0.341. The van der Waals surface area contributed by atoms with Crippen molar-refractivity contribution in [3.63, 3.8) is 0 Å². The number of anilines is 1. The van der Waals surface area contributed by atoms with Gasteiger partial charge in [0.15, 0.2) is 0 Å². The van der Waals surface area contributed by atoms with Gasteiger partial charge in [-0.05, 0) is 49.4 Å². The fourth-order valence-corrected chi connectivity index (χ4v) is 3.45. The molecule has 3 aromatic rings. The van der Waals surface area contributed by atoms with Crippen LogP contribution >= 0.6 is 11.3 Å². The van der Waals surface area contributed by atoms with Gasteiger partial charge in [0.05, 0.1) is 24.2 Å². The van der Waals surface area contributed by atoms with E-state index in [0.29, 0.717) is 11.5 Å². The van der Waals surface area contributed by atoms with Gasteiger partial charge in [0.25, 0.3) is 0 Å². The molecule has 0 atom stereocenters. The highest BCUT2D eigenvalue weighted by atomic mass is 32.1. The Bertz CT molecular complexity index is 873. The van der Waals surface area contributed by atoms with Crippen molar-refractivity contribution in [2.75, 3.05) is 24.6 Å². The molecule has 0 amide bonds. The number of hydrogen-bond donors (Lipinski definition) is 0. The Morgan fingerprint density at radius 2 is 2.08 bits per heavy atom. The Morgan fingerprint density at radius 3 is 2.73 bits per heavy atom. The Balaban J connectivity index is 2.02. The zero-order chi connectivity index (χ0) is 18.5. The van der Waals surface area contributed by atoms with Gasteiger partial charge < -0.3 is 9.64 Å². The average Bonchev–Trinajstić information content (AvgIpc) is 3.35. The highest BCUT2D eigenvalue weighted by Crippen LogP contribution is 2.32. The first-order chi connectivity index (χ1) is 12.7. The first-order valence-electron chi connectivity index (χ1n) is 8.43.